The van der Waals surface area contributed by atoms with Gasteiger partial charge in [0, 0.05) is 41.1 Å². The number of fused-ring (bicyclic) bond motifs is 2. The van der Waals surface area contributed by atoms with Gasteiger partial charge in [-0.15, -0.1) is 0 Å². The molecule has 0 saturated carbocycles. The smallest absolute Gasteiger partial charge is 0.248 e. The highest BCUT2D eigenvalue weighted by atomic mass is 35.5. The van der Waals surface area contributed by atoms with Crippen LogP contribution in [0.2, 0.25) is 5.02 Å². The van der Waals surface area contributed by atoms with Crippen LogP contribution in [0.3, 0.4) is 0 Å². The number of rotatable bonds is 7. The molecule has 5 aromatic rings. The zero-order valence-electron chi connectivity index (χ0n) is 21.1. The van der Waals surface area contributed by atoms with Gasteiger partial charge in [0.1, 0.15) is 30.0 Å². The van der Waals surface area contributed by atoms with E-state index in [4.69, 9.17) is 16.3 Å². The Morgan fingerprint density at radius 2 is 1.97 bits per heavy atom. The Bertz CT molecular complexity index is 1700. The molecule has 2 aromatic carbocycles. The number of hydrogen-bond acceptors (Lipinski definition) is 8. The van der Waals surface area contributed by atoms with E-state index in [0.29, 0.717) is 39.7 Å². The third-order valence-electron chi connectivity index (χ3n) is 6.62. The number of likely N-dealkylation sites (tertiary alicyclic amines) is 1. The number of benzene rings is 2. The van der Waals surface area contributed by atoms with E-state index in [1.54, 1.807) is 41.1 Å². The van der Waals surface area contributed by atoms with Gasteiger partial charge in [-0.1, -0.05) is 17.7 Å². The van der Waals surface area contributed by atoms with Crippen LogP contribution in [0, 0.1) is 0 Å². The van der Waals surface area contributed by atoms with Crippen molar-refractivity contribution in [2.45, 2.75) is 18.9 Å². The lowest BCUT2D eigenvalue weighted by atomic mass is 10.2. The predicted molar refractivity (Wildman–Crippen MR) is 151 cm³/mol. The van der Waals surface area contributed by atoms with E-state index < -0.39 is 0 Å². The summed E-state index contributed by atoms with van der Waals surface area (Å²) in [6.07, 6.45) is 10.5. The first kappa shape index (κ1) is 24.8. The summed E-state index contributed by atoms with van der Waals surface area (Å²) in [5.41, 5.74) is 2.79. The minimum absolute atomic E-state index is 0.174. The molecule has 2 N–H and O–H groups in total. The van der Waals surface area contributed by atoms with Crippen LogP contribution in [0.25, 0.3) is 16.6 Å². The number of hydrogen-bond donors (Lipinski definition) is 2. The summed E-state index contributed by atoms with van der Waals surface area (Å²) < 4.78 is 7.61. The minimum Gasteiger partial charge on any atom is -0.456 e. The third kappa shape index (κ3) is 5.52. The topological polar surface area (TPSA) is 110 Å². The second kappa shape index (κ2) is 10.7. The van der Waals surface area contributed by atoms with Crippen molar-refractivity contribution in [1.82, 2.24) is 29.5 Å². The quantitative estimate of drug-likeness (QED) is 0.262. The van der Waals surface area contributed by atoms with Gasteiger partial charge in [-0.3, -0.25) is 9.69 Å². The maximum Gasteiger partial charge on any atom is 0.248 e. The van der Waals surface area contributed by atoms with Crippen molar-refractivity contribution in [1.29, 1.82) is 0 Å². The van der Waals surface area contributed by atoms with E-state index in [2.05, 4.69) is 42.6 Å². The molecule has 1 saturated heterocycles. The molecule has 3 aromatic heterocycles. The maximum atomic E-state index is 12.5. The van der Waals surface area contributed by atoms with Crippen LogP contribution >= 0.6 is 11.6 Å². The molecule has 1 aliphatic heterocycles. The largest absolute Gasteiger partial charge is 0.456 e. The van der Waals surface area contributed by atoms with Gasteiger partial charge in [0.2, 0.25) is 5.91 Å². The number of anilines is 3. The molecule has 0 aliphatic carbocycles. The van der Waals surface area contributed by atoms with Crippen LogP contribution in [0.4, 0.5) is 17.2 Å². The molecule has 0 radical (unpaired) electrons. The number of nitrogens with one attached hydrogen (secondary N) is 2. The third-order valence-corrected chi connectivity index (χ3v) is 6.92. The number of halogens is 1. The molecule has 11 heteroatoms. The van der Waals surface area contributed by atoms with Gasteiger partial charge >= 0.3 is 0 Å². The standard InChI is InChI=1S/C28H25ClN8O2/c1-36-11-2-3-20(36)6-9-27(38)34-18-4-7-24-22(13-18)28(32-16-30-24)35-19-5-8-25(23(29)14-19)39-21-10-12-37-26(15-21)31-17-33-37/h4-10,12-17,20H,2-3,11H2,1H3,(H,34,38)(H,30,32,35)/b9-6+. The van der Waals surface area contributed by atoms with E-state index in [0.717, 1.165) is 36.0 Å². The van der Waals surface area contributed by atoms with Crippen LogP contribution in [-0.4, -0.2) is 55.0 Å². The van der Waals surface area contributed by atoms with Crippen LogP contribution in [-0.2, 0) is 4.79 Å². The second-order valence-corrected chi connectivity index (χ2v) is 9.70. The number of nitrogens with zero attached hydrogens (tertiary/aromatic N) is 6. The van der Waals surface area contributed by atoms with Gasteiger partial charge in [0.15, 0.2) is 5.65 Å². The van der Waals surface area contributed by atoms with Crippen LogP contribution in [0.1, 0.15) is 12.8 Å². The lowest BCUT2D eigenvalue weighted by molar-refractivity contribution is -0.111. The lowest BCUT2D eigenvalue weighted by Gasteiger charge is -2.14. The van der Waals surface area contributed by atoms with E-state index in [9.17, 15) is 4.79 Å². The molecule has 1 unspecified atom stereocenters. The number of pyridine rings is 1. The molecule has 4 heterocycles. The summed E-state index contributed by atoms with van der Waals surface area (Å²) >= 11 is 6.54. The van der Waals surface area contributed by atoms with Gasteiger partial charge in [-0.05, 0) is 68.9 Å². The van der Waals surface area contributed by atoms with Crippen molar-refractivity contribution in [3.05, 3.63) is 84.6 Å². The van der Waals surface area contributed by atoms with E-state index >= 15 is 0 Å². The Balaban J connectivity index is 1.18. The average Bonchev–Trinajstić information content (AvgIpc) is 3.57. The summed E-state index contributed by atoms with van der Waals surface area (Å²) in [4.78, 5) is 27.7. The zero-order chi connectivity index (χ0) is 26.8. The minimum atomic E-state index is -0.174. The summed E-state index contributed by atoms with van der Waals surface area (Å²) in [6.45, 7) is 1.05. The van der Waals surface area contributed by atoms with Gasteiger partial charge in [-0.25, -0.2) is 19.5 Å². The monoisotopic (exact) mass is 540 g/mol. The molecule has 0 bridgehead atoms. The second-order valence-electron chi connectivity index (χ2n) is 9.29. The Labute approximate surface area is 229 Å². The summed E-state index contributed by atoms with van der Waals surface area (Å²) in [6, 6.07) is 14.8. The van der Waals surface area contributed by atoms with Crippen molar-refractivity contribution < 1.29 is 9.53 Å². The molecular formula is C28H25ClN8O2. The summed E-state index contributed by atoms with van der Waals surface area (Å²) in [7, 11) is 2.07. The summed E-state index contributed by atoms with van der Waals surface area (Å²) in [5, 5.41) is 11.5. The fourth-order valence-electron chi connectivity index (χ4n) is 4.58. The van der Waals surface area contributed by atoms with E-state index in [1.807, 2.05) is 30.3 Å². The van der Waals surface area contributed by atoms with Crippen molar-refractivity contribution in [3.63, 3.8) is 0 Å². The zero-order valence-corrected chi connectivity index (χ0v) is 21.8. The molecule has 1 atom stereocenters. The van der Waals surface area contributed by atoms with Crippen molar-refractivity contribution in [3.8, 4) is 11.5 Å². The van der Waals surface area contributed by atoms with Crippen LogP contribution < -0.4 is 15.4 Å². The van der Waals surface area contributed by atoms with Gasteiger partial charge in [-0.2, -0.15) is 5.10 Å². The predicted octanol–water partition coefficient (Wildman–Crippen LogP) is 5.45. The van der Waals surface area contributed by atoms with Crippen molar-refractivity contribution in [2.75, 3.05) is 24.2 Å². The Morgan fingerprint density at radius 3 is 2.82 bits per heavy atom. The number of likely N-dealkylation sites (N-methyl/N-ethyl adjacent to an activating group) is 1. The first-order chi connectivity index (χ1) is 19.0. The Morgan fingerprint density at radius 1 is 1.08 bits per heavy atom. The highest BCUT2D eigenvalue weighted by Crippen LogP contribution is 2.34. The average molecular weight is 541 g/mol. The Hall–Kier alpha value is -4.54. The Kier molecular flexibility index (Phi) is 6.78. The molecule has 10 nitrogen and oxygen atoms in total. The van der Waals surface area contributed by atoms with Gasteiger partial charge in [0.05, 0.1) is 10.5 Å². The fraction of sp³-hybridized carbons (Fsp3) is 0.179. The number of carbonyl (C=O) groups excluding carboxylic acids is 1. The molecular weight excluding hydrogens is 516 g/mol. The molecule has 6 rings (SSSR count). The number of ether oxygens (including phenoxy) is 1. The highest BCUT2D eigenvalue weighted by Gasteiger charge is 2.18. The van der Waals surface area contributed by atoms with E-state index in [-0.39, 0.29) is 5.91 Å². The molecule has 196 valence electrons. The maximum absolute atomic E-state index is 12.5. The number of carbonyl (C=O) groups is 1. The first-order valence-electron chi connectivity index (χ1n) is 12.5. The molecule has 1 aliphatic rings. The van der Waals surface area contributed by atoms with Gasteiger partial charge in [0.25, 0.3) is 0 Å². The molecule has 1 amide bonds. The lowest BCUT2D eigenvalue weighted by Crippen LogP contribution is -2.23. The molecule has 39 heavy (non-hydrogen) atoms. The molecule has 1 fully saturated rings. The van der Waals surface area contributed by atoms with Crippen LogP contribution in [0.5, 0.6) is 11.5 Å². The van der Waals surface area contributed by atoms with Crippen molar-refractivity contribution in [2.24, 2.45) is 0 Å². The number of aromatic nitrogens is 5. The number of amides is 1. The molecule has 0 spiro atoms. The first-order valence-corrected chi connectivity index (χ1v) is 12.9. The highest BCUT2D eigenvalue weighted by molar-refractivity contribution is 6.32. The fourth-order valence-corrected chi connectivity index (χ4v) is 4.80. The van der Waals surface area contributed by atoms with Crippen molar-refractivity contribution >= 4 is 51.3 Å². The normalized spacial score (nSPS) is 15.8. The van der Waals surface area contributed by atoms with E-state index in [1.165, 1.54) is 12.7 Å². The van der Waals surface area contributed by atoms with Crippen LogP contribution in [0.15, 0.2) is 79.5 Å². The summed E-state index contributed by atoms with van der Waals surface area (Å²) in [5.74, 6) is 1.51. The SMILES string of the molecule is CN1CCCC1/C=C/C(=O)Nc1ccc2ncnc(Nc3ccc(Oc4ccn5ncnc5c4)c(Cl)c3)c2c1. The van der Waals surface area contributed by atoms with Gasteiger partial charge < -0.3 is 15.4 Å².